The summed E-state index contributed by atoms with van der Waals surface area (Å²) in [6.07, 6.45) is -7.91. The van der Waals surface area contributed by atoms with Crippen LogP contribution in [0.25, 0.3) is 10.9 Å². The third kappa shape index (κ3) is 3.58. The van der Waals surface area contributed by atoms with Crippen molar-refractivity contribution in [1.82, 2.24) is 4.98 Å². The fourth-order valence-electron chi connectivity index (χ4n) is 2.64. The van der Waals surface area contributed by atoms with Gasteiger partial charge in [0.05, 0.1) is 5.52 Å². The predicted octanol–water partition coefficient (Wildman–Crippen LogP) is -0.862. The minimum atomic E-state index is -1.74. The number of hydrogen-bond acceptors (Lipinski definition) is 8. The van der Waals surface area contributed by atoms with Gasteiger partial charge in [-0.15, -0.1) is 0 Å². The number of aromatic nitrogens is 1. The van der Waals surface area contributed by atoms with Crippen LogP contribution in [0.2, 0.25) is 5.02 Å². The van der Waals surface area contributed by atoms with E-state index in [2.05, 4.69) is 4.98 Å². The number of aliphatic hydroxyl groups is 4. The van der Waals surface area contributed by atoms with Gasteiger partial charge in [-0.05, 0) is 18.2 Å². The number of halogens is 1. The van der Waals surface area contributed by atoms with E-state index in [1.54, 1.807) is 6.07 Å². The average Bonchev–Trinajstić information content (AvgIpc) is 2.61. The highest BCUT2D eigenvalue weighted by Gasteiger charge is 2.43. The number of carbonyl (C=O) groups is 1. The molecule has 0 aliphatic carbocycles. The van der Waals surface area contributed by atoms with Crippen LogP contribution >= 0.6 is 11.6 Å². The lowest BCUT2D eigenvalue weighted by atomic mass is 9.99. The van der Waals surface area contributed by atoms with Crippen LogP contribution in [0.5, 0.6) is 0 Å². The molecule has 2 aromatic rings. The molecule has 0 radical (unpaired) electrons. The molecule has 0 bridgehead atoms. The Balaban J connectivity index is 1.74. The van der Waals surface area contributed by atoms with Gasteiger partial charge in [-0.3, -0.25) is 4.79 Å². The molecule has 1 aliphatic rings. The highest BCUT2D eigenvalue weighted by atomic mass is 35.5. The summed E-state index contributed by atoms with van der Waals surface area (Å²) in [6, 6.07) is 5.61. The summed E-state index contributed by atoms with van der Waals surface area (Å²) in [5.41, 5.74) is -0.207. The van der Waals surface area contributed by atoms with Gasteiger partial charge < -0.3 is 34.9 Å². The Hall–Kier alpha value is -2.01. The van der Waals surface area contributed by atoms with Gasteiger partial charge in [0.25, 0.3) is 0 Å². The van der Waals surface area contributed by atoms with Crippen LogP contribution in [0, 0.1) is 0 Å². The number of nitrogens with one attached hydrogen (secondary N) is 1. The van der Waals surface area contributed by atoms with E-state index in [0.717, 1.165) is 6.07 Å². The molecule has 1 saturated heterocycles. The summed E-state index contributed by atoms with van der Waals surface area (Å²) in [5, 5.41) is 39.0. The molecule has 0 spiro atoms. The van der Waals surface area contributed by atoms with Crippen LogP contribution < -0.4 is 5.43 Å². The smallest absolute Gasteiger partial charge is 0.354 e. The van der Waals surface area contributed by atoms with Gasteiger partial charge in [0.1, 0.15) is 36.7 Å². The summed E-state index contributed by atoms with van der Waals surface area (Å²) >= 11 is 5.87. The number of aromatic amines is 1. The van der Waals surface area contributed by atoms with E-state index in [9.17, 15) is 30.0 Å². The molecule has 0 saturated carbocycles. The van der Waals surface area contributed by atoms with Gasteiger partial charge in [0.2, 0.25) is 0 Å². The van der Waals surface area contributed by atoms with Crippen LogP contribution in [-0.2, 0) is 9.47 Å². The van der Waals surface area contributed by atoms with E-state index in [1.807, 2.05) is 0 Å². The van der Waals surface area contributed by atoms with Crippen LogP contribution in [-0.4, -0.2) is 68.7 Å². The fourth-order valence-corrected chi connectivity index (χ4v) is 2.81. The summed E-state index contributed by atoms with van der Waals surface area (Å²) in [4.78, 5) is 27.0. The molecule has 1 fully saturated rings. The first-order valence-electron chi connectivity index (χ1n) is 7.65. The summed E-state index contributed by atoms with van der Waals surface area (Å²) in [6.45, 7) is -0.517. The van der Waals surface area contributed by atoms with Gasteiger partial charge >= 0.3 is 5.97 Å². The molecule has 3 rings (SSSR count). The lowest BCUT2D eigenvalue weighted by Crippen LogP contribution is -2.58. The van der Waals surface area contributed by atoms with Crippen molar-refractivity contribution in [3.63, 3.8) is 0 Å². The number of benzene rings is 1. The molecule has 1 aliphatic heterocycles. The molecule has 0 amide bonds. The summed E-state index contributed by atoms with van der Waals surface area (Å²) < 4.78 is 9.88. The standard InChI is InChI=1S/C16H16ClNO8/c17-6-1-2-7-8(3-6)18-9(4-10(7)19)15(23)25-5-11-12(20)13(21)14(22)16(24)26-11/h1-4,11-14,16,20-22,24H,5H2,(H,18,19)/t11-,12-,13+,14-,16?/m1/s1. The van der Waals surface area contributed by atoms with Crippen LogP contribution in [0.4, 0.5) is 0 Å². The van der Waals surface area contributed by atoms with Crippen molar-refractivity contribution in [1.29, 1.82) is 0 Å². The number of fused-ring (bicyclic) bond motifs is 1. The summed E-state index contributed by atoms with van der Waals surface area (Å²) in [5.74, 6) is -0.908. The van der Waals surface area contributed by atoms with Gasteiger partial charge in [0.15, 0.2) is 11.7 Å². The maximum atomic E-state index is 12.2. The number of esters is 1. The zero-order valence-electron chi connectivity index (χ0n) is 13.2. The van der Waals surface area contributed by atoms with Crippen molar-refractivity contribution in [2.45, 2.75) is 30.7 Å². The maximum absolute atomic E-state index is 12.2. The Bertz CT molecular complexity index is 884. The van der Waals surface area contributed by atoms with Crippen molar-refractivity contribution in [3.05, 3.63) is 45.2 Å². The number of ether oxygens (including phenoxy) is 2. The molecular formula is C16H16ClNO8. The van der Waals surface area contributed by atoms with Crippen molar-refractivity contribution >= 4 is 28.5 Å². The lowest BCUT2D eigenvalue weighted by Gasteiger charge is -2.37. The van der Waals surface area contributed by atoms with E-state index in [1.165, 1.54) is 12.1 Å². The highest BCUT2D eigenvalue weighted by molar-refractivity contribution is 6.31. The van der Waals surface area contributed by atoms with E-state index >= 15 is 0 Å². The number of pyridine rings is 1. The fraction of sp³-hybridized carbons (Fsp3) is 0.375. The predicted molar refractivity (Wildman–Crippen MR) is 88.8 cm³/mol. The number of hydrogen-bond donors (Lipinski definition) is 5. The SMILES string of the molecule is O=C(OC[C@H]1OC(O)[C@H](O)[C@@H](O)[C@@H]1O)c1cc(=O)c2ccc(Cl)cc2[nH]1. The van der Waals surface area contributed by atoms with E-state index in [4.69, 9.17) is 21.1 Å². The second-order valence-corrected chi connectivity index (χ2v) is 6.31. The third-order valence-electron chi connectivity index (χ3n) is 4.08. The molecule has 9 nitrogen and oxygen atoms in total. The molecule has 1 aromatic heterocycles. The van der Waals surface area contributed by atoms with Gasteiger partial charge in [-0.1, -0.05) is 11.6 Å². The Morgan fingerprint density at radius 2 is 1.88 bits per heavy atom. The summed E-state index contributed by atoms with van der Waals surface area (Å²) in [7, 11) is 0. The minimum absolute atomic E-state index is 0.142. The molecule has 5 atom stereocenters. The monoisotopic (exact) mass is 385 g/mol. The maximum Gasteiger partial charge on any atom is 0.354 e. The van der Waals surface area contributed by atoms with Crippen LogP contribution in [0.15, 0.2) is 29.1 Å². The first-order chi connectivity index (χ1) is 12.3. The van der Waals surface area contributed by atoms with Gasteiger partial charge in [0, 0.05) is 16.5 Å². The number of H-pyrrole nitrogens is 1. The highest BCUT2D eigenvalue weighted by Crippen LogP contribution is 2.20. The van der Waals surface area contributed by atoms with Gasteiger partial charge in [-0.25, -0.2) is 4.79 Å². The molecule has 10 heteroatoms. The van der Waals surface area contributed by atoms with Crippen molar-refractivity contribution in [2.75, 3.05) is 6.61 Å². The number of rotatable bonds is 3. The molecule has 5 N–H and O–H groups in total. The van der Waals surface area contributed by atoms with Crippen molar-refractivity contribution in [2.24, 2.45) is 0 Å². The largest absolute Gasteiger partial charge is 0.458 e. The first kappa shape index (κ1) is 18.8. The van der Waals surface area contributed by atoms with Crippen LogP contribution in [0.3, 0.4) is 0 Å². The Morgan fingerprint density at radius 1 is 1.15 bits per heavy atom. The molecule has 26 heavy (non-hydrogen) atoms. The molecule has 2 heterocycles. The Morgan fingerprint density at radius 3 is 2.62 bits per heavy atom. The van der Waals surface area contributed by atoms with E-state index in [-0.39, 0.29) is 5.69 Å². The molecular weight excluding hydrogens is 370 g/mol. The average molecular weight is 386 g/mol. The van der Waals surface area contributed by atoms with Crippen molar-refractivity contribution < 1.29 is 34.7 Å². The quantitative estimate of drug-likeness (QED) is 0.428. The lowest BCUT2D eigenvalue weighted by molar-refractivity contribution is -0.286. The van der Waals surface area contributed by atoms with Gasteiger partial charge in [-0.2, -0.15) is 0 Å². The first-order valence-corrected chi connectivity index (χ1v) is 8.03. The number of aliphatic hydroxyl groups excluding tert-OH is 4. The Labute approximate surface area is 151 Å². The second kappa shape index (κ2) is 7.31. The van der Waals surface area contributed by atoms with Crippen LogP contribution in [0.1, 0.15) is 10.5 Å². The normalized spacial score (nSPS) is 28.9. The zero-order chi connectivity index (χ0) is 19.0. The van der Waals surface area contributed by atoms with Crippen molar-refractivity contribution in [3.8, 4) is 0 Å². The topological polar surface area (TPSA) is 149 Å². The molecule has 140 valence electrons. The zero-order valence-corrected chi connectivity index (χ0v) is 14.0. The molecule has 1 aromatic carbocycles. The third-order valence-corrected chi connectivity index (χ3v) is 4.31. The second-order valence-electron chi connectivity index (χ2n) is 5.87. The van der Waals surface area contributed by atoms with E-state index < -0.39 is 48.7 Å². The number of carbonyl (C=O) groups excluding carboxylic acids is 1. The van der Waals surface area contributed by atoms with E-state index in [0.29, 0.717) is 15.9 Å². The molecule has 1 unspecified atom stereocenters. The minimum Gasteiger partial charge on any atom is -0.458 e. The Kier molecular flexibility index (Phi) is 5.28.